The van der Waals surface area contributed by atoms with Crippen LogP contribution in [0.25, 0.3) is 0 Å². The van der Waals surface area contributed by atoms with Crippen molar-refractivity contribution in [1.29, 1.82) is 0 Å². The molecule has 1 aromatic carbocycles. The van der Waals surface area contributed by atoms with Crippen LogP contribution in [0, 0.1) is 5.92 Å². The van der Waals surface area contributed by atoms with E-state index in [9.17, 15) is 4.79 Å². The fourth-order valence-corrected chi connectivity index (χ4v) is 5.98. The number of carbonyl (C=O) groups is 1. The molecule has 4 nitrogen and oxygen atoms in total. The van der Waals surface area contributed by atoms with Crippen LogP contribution in [-0.2, 0) is 12.8 Å². The number of likely N-dealkylation sites (N-methyl/N-ethyl adjacent to an activating group) is 1. The molecule has 1 heterocycles. The summed E-state index contributed by atoms with van der Waals surface area (Å²) in [6, 6.07) is 7.49. The summed E-state index contributed by atoms with van der Waals surface area (Å²) in [5.74, 6) is 1.66. The first-order valence-corrected chi connectivity index (χ1v) is 11.4. The van der Waals surface area contributed by atoms with Crippen molar-refractivity contribution in [2.45, 2.75) is 76.2 Å². The number of fused-ring (bicyclic) bond motifs is 3. The zero-order valence-electron chi connectivity index (χ0n) is 17.4. The number of nitrogens with zero attached hydrogens (tertiary/aromatic N) is 2. The van der Waals surface area contributed by atoms with Crippen LogP contribution in [0.1, 0.15) is 74.0 Å². The van der Waals surface area contributed by atoms with Crippen molar-refractivity contribution in [2.24, 2.45) is 5.92 Å². The number of hydrogen-bond donors (Lipinski definition) is 1. The van der Waals surface area contributed by atoms with E-state index < -0.39 is 6.09 Å². The van der Waals surface area contributed by atoms with Crippen LogP contribution in [0.15, 0.2) is 18.2 Å². The van der Waals surface area contributed by atoms with Crippen molar-refractivity contribution in [3.05, 3.63) is 34.9 Å². The Hall–Kier alpha value is -1.55. The molecule has 0 radical (unpaired) electrons. The topological polar surface area (TPSA) is 43.8 Å². The minimum atomic E-state index is -0.839. The molecule has 0 spiro atoms. The highest BCUT2D eigenvalue weighted by molar-refractivity contribution is 5.64. The highest BCUT2D eigenvalue weighted by Crippen LogP contribution is 2.43. The Kier molecular flexibility index (Phi) is 6.25. The van der Waals surface area contributed by atoms with E-state index in [1.54, 1.807) is 12.6 Å². The summed E-state index contributed by atoms with van der Waals surface area (Å²) >= 11 is 0. The SMILES string of the molecule is CN(CCc1cccc2c1CC[C@H]1[C@@H]2CCN1CCC1CCCCC1)C(=O)O. The second-order valence-electron chi connectivity index (χ2n) is 9.27. The quantitative estimate of drug-likeness (QED) is 0.757. The van der Waals surface area contributed by atoms with Crippen LogP contribution < -0.4 is 0 Å². The fraction of sp³-hybridized carbons (Fsp3) is 0.708. The fourth-order valence-electron chi connectivity index (χ4n) is 5.98. The lowest BCUT2D eigenvalue weighted by Crippen LogP contribution is -2.36. The molecular weight excluding hydrogens is 348 g/mol. The highest BCUT2D eigenvalue weighted by atomic mass is 16.4. The predicted octanol–water partition coefficient (Wildman–Crippen LogP) is 4.91. The predicted molar refractivity (Wildman–Crippen MR) is 113 cm³/mol. The average Bonchev–Trinajstić information content (AvgIpc) is 3.14. The van der Waals surface area contributed by atoms with Crippen LogP contribution in [0.2, 0.25) is 0 Å². The van der Waals surface area contributed by atoms with Gasteiger partial charge in [0.05, 0.1) is 0 Å². The molecule has 2 fully saturated rings. The molecule has 2 aliphatic carbocycles. The van der Waals surface area contributed by atoms with Gasteiger partial charge in [-0.05, 0) is 67.8 Å². The van der Waals surface area contributed by atoms with E-state index in [2.05, 4.69) is 23.1 Å². The van der Waals surface area contributed by atoms with Crippen LogP contribution in [0.3, 0.4) is 0 Å². The molecule has 0 unspecified atom stereocenters. The van der Waals surface area contributed by atoms with E-state index in [1.165, 1.54) is 80.5 Å². The first-order valence-electron chi connectivity index (χ1n) is 11.4. The smallest absolute Gasteiger partial charge is 0.407 e. The lowest BCUT2D eigenvalue weighted by Gasteiger charge is -2.35. The number of rotatable bonds is 6. The molecule has 0 aromatic heterocycles. The van der Waals surface area contributed by atoms with Gasteiger partial charge in [-0.3, -0.25) is 4.90 Å². The van der Waals surface area contributed by atoms with Gasteiger partial charge < -0.3 is 10.0 Å². The minimum absolute atomic E-state index is 0.577. The summed E-state index contributed by atoms with van der Waals surface area (Å²) in [4.78, 5) is 15.3. The molecule has 1 saturated heterocycles. The van der Waals surface area contributed by atoms with Gasteiger partial charge in [-0.2, -0.15) is 0 Å². The van der Waals surface area contributed by atoms with Crippen molar-refractivity contribution < 1.29 is 9.90 Å². The van der Waals surface area contributed by atoms with E-state index in [0.29, 0.717) is 12.5 Å². The van der Waals surface area contributed by atoms with Gasteiger partial charge >= 0.3 is 6.09 Å². The highest BCUT2D eigenvalue weighted by Gasteiger charge is 2.39. The zero-order valence-corrected chi connectivity index (χ0v) is 17.4. The number of carboxylic acid groups (broad SMARTS) is 1. The number of amides is 1. The van der Waals surface area contributed by atoms with Crippen LogP contribution >= 0.6 is 0 Å². The van der Waals surface area contributed by atoms with Gasteiger partial charge in [-0.15, -0.1) is 0 Å². The summed E-state index contributed by atoms with van der Waals surface area (Å²) < 4.78 is 0. The van der Waals surface area contributed by atoms with Gasteiger partial charge in [0.25, 0.3) is 0 Å². The van der Waals surface area contributed by atoms with Crippen LogP contribution in [-0.4, -0.2) is 53.7 Å². The second-order valence-corrected chi connectivity index (χ2v) is 9.27. The van der Waals surface area contributed by atoms with Crippen molar-refractivity contribution in [1.82, 2.24) is 9.80 Å². The summed E-state index contributed by atoms with van der Waals surface area (Å²) in [7, 11) is 1.66. The standard InChI is InChI=1S/C24H36N2O2/c1-25(24(27)28)15-13-19-8-5-9-21-20(19)10-11-23-22(21)14-17-26(23)16-12-18-6-3-2-4-7-18/h5,8-9,18,22-23H,2-4,6-7,10-17H2,1H3,(H,27,28)/t22-,23+/m1/s1. The van der Waals surface area contributed by atoms with E-state index in [4.69, 9.17) is 5.11 Å². The third kappa shape index (κ3) is 4.22. The van der Waals surface area contributed by atoms with E-state index in [1.807, 2.05) is 0 Å². The lowest BCUT2D eigenvalue weighted by atomic mass is 9.77. The largest absolute Gasteiger partial charge is 0.465 e. The first kappa shape index (κ1) is 19.8. The summed E-state index contributed by atoms with van der Waals surface area (Å²) in [5, 5.41) is 9.12. The van der Waals surface area contributed by atoms with Crippen molar-refractivity contribution in [3.8, 4) is 0 Å². The molecule has 0 bridgehead atoms. The Morgan fingerprint density at radius 3 is 2.79 bits per heavy atom. The van der Waals surface area contributed by atoms with Gasteiger partial charge in [-0.25, -0.2) is 4.79 Å². The third-order valence-corrected chi connectivity index (χ3v) is 7.65. The van der Waals surface area contributed by atoms with Gasteiger partial charge in [0.2, 0.25) is 0 Å². The third-order valence-electron chi connectivity index (χ3n) is 7.65. The number of benzene rings is 1. The summed E-state index contributed by atoms with van der Waals surface area (Å²) in [5.41, 5.74) is 4.45. The van der Waals surface area contributed by atoms with Gasteiger partial charge in [-0.1, -0.05) is 50.3 Å². The summed E-state index contributed by atoms with van der Waals surface area (Å²) in [6.45, 7) is 3.13. The molecule has 154 valence electrons. The molecule has 1 N–H and O–H groups in total. The van der Waals surface area contributed by atoms with Crippen molar-refractivity contribution >= 4 is 6.09 Å². The van der Waals surface area contributed by atoms with E-state index >= 15 is 0 Å². The number of likely N-dealkylation sites (tertiary alicyclic amines) is 1. The molecule has 1 aromatic rings. The summed E-state index contributed by atoms with van der Waals surface area (Å²) in [6.07, 6.45) is 12.4. The molecule has 1 saturated carbocycles. The second kappa shape index (κ2) is 8.86. The maximum Gasteiger partial charge on any atom is 0.407 e. The Morgan fingerprint density at radius 1 is 1.18 bits per heavy atom. The van der Waals surface area contributed by atoms with Crippen molar-refractivity contribution in [2.75, 3.05) is 26.7 Å². The molecule has 4 heteroatoms. The Bertz CT molecular complexity index is 683. The Morgan fingerprint density at radius 2 is 2.00 bits per heavy atom. The monoisotopic (exact) mass is 384 g/mol. The molecule has 2 atom stereocenters. The minimum Gasteiger partial charge on any atom is -0.465 e. The van der Waals surface area contributed by atoms with Crippen molar-refractivity contribution in [3.63, 3.8) is 0 Å². The first-order chi connectivity index (χ1) is 13.6. The van der Waals surface area contributed by atoms with Crippen LogP contribution in [0.4, 0.5) is 4.79 Å². The molecule has 3 aliphatic rings. The van der Waals surface area contributed by atoms with Gasteiger partial charge in [0.15, 0.2) is 0 Å². The Balaban J connectivity index is 1.39. The van der Waals surface area contributed by atoms with Crippen LogP contribution in [0.5, 0.6) is 0 Å². The normalized spacial score (nSPS) is 25.3. The molecule has 1 aliphatic heterocycles. The van der Waals surface area contributed by atoms with E-state index in [0.717, 1.165) is 24.8 Å². The zero-order chi connectivity index (χ0) is 19.5. The van der Waals surface area contributed by atoms with Gasteiger partial charge in [0, 0.05) is 25.6 Å². The molecular formula is C24H36N2O2. The maximum atomic E-state index is 11.1. The molecule has 28 heavy (non-hydrogen) atoms. The number of hydrogen-bond acceptors (Lipinski definition) is 2. The molecule has 4 rings (SSSR count). The average molecular weight is 385 g/mol. The maximum absolute atomic E-state index is 11.1. The lowest BCUT2D eigenvalue weighted by molar-refractivity contribution is 0.156. The van der Waals surface area contributed by atoms with Gasteiger partial charge in [0.1, 0.15) is 0 Å². The van der Waals surface area contributed by atoms with E-state index in [-0.39, 0.29) is 0 Å². The molecule has 1 amide bonds. The Labute approximate surface area is 169 Å².